The minimum atomic E-state index is -0.935. The quantitative estimate of drug-likeness (QED) is 0.150. The maximum Gasteiger partial charge on any atom is 0.296 e. The number of carbonyl (C=O) groups is 2. The van der Waals surface area contributed by atoms with E-state index < -0.39 is 23.5 Å². The fourth-order valence-corrected chi connectivity index (χ4v) is 5.79. The van der Waals surface area contributed by atoms with Gasteiger partial charge in [-0.2, -0.15) is 0 Å². The molecule has 2 aromatic carbocycles. The van der Waals surface area contributed by atoms with Crippen LogP contribution in [0.3, 0.4) is 0 Å². The summed E-state index contributed by atoms with van der Waals surface area (Å²) in [5.41, 5.74) is 1.64. The van der Waals surface area contributed by atoms with Crippen molar-refractivity contribution < 1.29 is 23.8 Å². The number of hydrogen-bond donors (Lipinski definition) is 1. The van der Waals surface area contributed by atoms with Crippen molar-refractivity contribution in [2.24, 2.45) is 0 Å². The number of aromatic nitrogens is 2. The lowest BCUT2D eigenvalue weighted by Gasteiger charge is -2.24. The van der Waals surface area contributed by atoms with Crippen LogP contribution >= 0.6 is 23.1 Å². The number of furan rings is 1. The van der Waals surface area contributed by atoms with Crippen LogP contribution in [-0.4, -0.2) is 33.6 Å². The Balaban J connectivity index is 1.50. The molecule has 4 aromatic rings. The summed E-state index contributed by atoms with van der Waals surface area (Å²) in [5, 5.41) is 19.7. The topological polar surface area (TPSA) is 106 Å². The van der Waals surface area contributed by atoms with Crippen LogP contribution in [0.25, 0.3) is 0 Å². The molecule has 1 unspecified atom stereocenters. The van der Waals surface area contributed by atoms with Crippen molar-refractivity contribution in [1.29, 1.82) is 0 Å². The third-order valence-electron chi connectivity index (χ3n) is 5.65. The SMILES string of the molecule is CCCOc1cccc(C2C(C(=O)c3ccco3)=C(O)C(=O)N2c2nnc(SCc3ccccc3)s2)c1. The molecule has 1 amide bonds. The summed E-state index contributed by atoms with van der Waals surface area (Å²) in [4.78, 5) is 28.1. The smallest absolute Gasteiger partial charge is 0.296 e. The van der Waals surface area contributed by atoms with E-state index in [1.807, 2.05) is 37.3 Å². The molecule has 8 nitrogen and oxygen atoms in total. The summed E-state index contributed by atoms with van der Waals surface area (Å²) in [6.07, 6.45) is 2.20. The number of rotatable bonds is 10. The lowest BCUT2D eigenvalue weighted by atomic mass is 9.95. The standard InChI is InChI=1S/C27H23N3O5S2/c1-2-13-34-19-11-6-10-18(15-19)22-21(23(31)20-12-7-14-35-20)24(32)25(33)30(22)26-28-29-27(37-26)36-16-17-8-4-3-5-9-17/h3-12,14-15,22,32H,2,13,16H2,1H3. The van der Waals surface area contributed by atoms with Crippen molar-refractivity contribution in [1.82, 2.24) is 10.2 Å². The number of ketones is 1. The summed E-state index contributed by atoms with van der Waals surface area (Å²) >= 11 is 2.72. The Morgan fingerprint density at radius 3 is 2.73 bits per heavy atom. The number of aliphatic hydroxyl groups excluding tert-OH is 1. The second-order valence-corrected chi connectivity index (χ2v) is 10.4. The van der Waals surface area contributed by atoms with Crippen LogP contribution in [-0.2, 0) is 10.5 Å². The van der Waals surface area contributed by atoms with Gasteiger partial charge in [0.25, 0.3) is 5.91 Å². The van der Waals surface area contributed by atoms with E-state index in [0.717, 1.165) is 12.0 Å². The first-order chi connectivity index (χ1) is 18.1. The second-order valence-electron chi connectivity index (χ2n) is 8.19. The van der Waals surface area contributed by atoms with Crippen molar-refractivity contribution in [2.75, 3.05) is 11.5 Å². The number of nitrogens with zero attached hydrogens (tertiary/aromatic N) is 3. The lowest BCUT2D eigenvalue weighted by molar-refractivity contribution is -0.117. The lowest BCUT2D eigenvalue weighted by Crippen LogP contribution is -2.31. The zero-order valence-corrected chi connectivity index (χ0v) is 21.5. The molecule has 188 valence electrons. The zero-order valence-electron chi connectivity index (χ0n) is 19.9. The third-order valence-corrected chi connectivity index (χ3v) is 7.78. The van der Waals surface area contributed by atoms with Crippen LogP contribution in [0.2, 0.25) is 0 Å². The van der Waals surface area contributed by atoms with Gasteiger partial charge in [-0.05, 0) is 41.8 Å². The van der Waals surface area contributed by atoms with Gasteiger partial charge in [0, 0.05) is 5.75 Å². The number of anilines is 1. The van der Waals surface area contributed by atoms with E-state index in [2.05, 4.69) is 10.2 Å². The Bertz CT molecular complexity index is 1430. The molecule has 1 aliphatic rings. The van der Waals surface area contributed by atoms with Gasteiger partial charge in [-0.1, -0.05) is 72.5 Å². The molecule has 1 atom stereocenters. The molecule has 0 saturated carbocycles. The van der Waals surface area contributed by atoms with Gasteiger partial charge >= 0.3 is 0 Å². The average Bonchev–Trinajstić information content (AvgIpc) is 3.68. The van der Waals surface area contributed by atoms with E-state index in [9.17, 15) is 14.7 Å². The summed E-state index contributed by atoms with van der Waals surface area (Å²) in [7, 11) is 0. The zero-order chi connectivity index (χ0) is 25.8. The maximum atomic E-state index is 13.4. The Kier molecular flexibility index (Phi) is 7.38. The number of thioether (sulfide) groups is 1. The Hall–Kier alpha value is -3.89. The molecule has 0 radical (unpaired) electrons. The van der Waals surface area contributed by atoms with Crippen molar-refractivity contribution in [2.45, 2.75) is 29.5 Å². The van der Waals surface area contributed by atoms with E-state index in [1.165, 1.54) is 40.3 Å². The van der Waals surface area contributed by atoms with E-state index in [4.69, 9.17) is 9.15 Å². The molecule has 0 saturated heterocycles. The molecule has 10 heteroatoms. The van der Waals surface area contributed by atoms with Crippen molar-refractivity contribution in [3.63, 3.8) is 0 Å². The molecule has 0 bridgehead atoms. The normalized spacial score (nSPS) is 15.4. The first kappa shape index (κ1) is 24.8. The molecule has 1 N–H and O–H groups in total. The maximum absolute atomic E-state index is 13.4. The molecule has 0 aliphatic carbocycles. The summed E-state index contributed by atoms with van der Waals surface area (Å²) in [5.74, 6) is -0.632. The first-order valence-corrected chi connectivity index (χ1v) is 13.4. The van der Waals surface area contributed by atoms with Gasteiger partial charge in [0.15, 0.2) is 15.9 Å². The van der Waals surface area contributed by atoms with Gasteiger partial charge < -0.3 is 14.3 Å². The van der Waals surface area contributed by atoms with Gasteiger partial charge in [-0.25, -0.2) is 0 Å². The number of Topliss-reactive ketones (excluding diaryl/α,β-unsaturated/α-hetero) is 1. The highest BCUT2D eigenvalue weighted by Crippen LogP contribution is 2.44. The highest BCUT2D eigenvalue weighted by atomic mass is 32.2. The molecule has 0 fully saturated rings. The summed E-state index contributed by atoms with van der Waals surface area (Å²) in [6, 6.07) is 19.2. The van der Waals surface area contributed by atoms with Gasteiger partial charge in [-0.3, -0.25) is 14.5 Å². The van der Waals surface area contributed by atoms with Crippen LogP contribution in [0.5, 0.6) is 5.75 Å². The predicted molar refractivity (Wildman–Crippen MR) is 141 cm³/mol. The molecule has 1 aliphatic heterocycles. The largest absolute Gasteiger partial charge is 0.503 e. The molecular formula is C27H23N3O5S2. The summed E-state index contributed by atoms with van der Waals surface area (Å²) < 4.78 is 11.7. The minimum Gasteiger partial charge on any atom is -0.503 e. The number of aliphatic hydroxyl groups is 1. The monoisotopic (exact) mass is 533 g/mol. The molecular weight excluding hydrogens is 510 g/mol. The van der Waals surface area contributed by atoms with Gasteiger partial charge in [-0.15, -0.1) is 10.2 Å². The van der Waals surface area contributed by atoms with Gasteiger partial charge in [0.2, 0.25) is 10.9 Å². The second kappa shape index (κ2) is 11.0. The van der Waals surface area contributed by atoms with Crippen molar-refractivity contribution in [3.05, 3.63) is 101 Å². The van der Waals surface area contributed by atoms with Crippen LogP contribution in [0.4, 0.5) is 5.13 Å². The Morgan fingerprint density at radius 2 is 1.97 bits per heavy atom. The number of ether oxygens (including phenoxy) is 1. The van der Waals surface area contributed by atoms with Gasteiger partial charge in [0.05, 0.1) is 24.5 Å². The first-order valence-electron chi connectivity index (χ1n) is 11.6. The highest BCUT2D eigenvalue weighted by Gasteiger charge is 2.46. The fourth-order valence-electron chi connectivity index (χ4n) is 3.96. The van der Waals surface area contributed by atoms with Crippen LogP contribution in [0.1, 0.15) is 41.1 Å². The minimum absolute atomic E-state index is 0.0240. The number of hydrogen-bond acceptors (Lipinski definition) is 9. The molecule has 2 aromatic heterocycles. The average molecular weight is 534 g/mol. The molecule has 5 rings (SSSR count). The Labute approximate surface area is 221 Å². The molecule has 3 heterocycles. The number of amides is 1. The van der Waals surface area contributed by atoms with E-state index >= 15 is 0 Å². The van der Waals surface area contributed by atoms with Crippen LogP contribution in [0.15, 0.2) is 93.1 Å². The highest BCUT2D eigenvalue weighted by molar-refractivity contribution is 8.00. The van der Waals surface area contributed by atoms with Crippen LogP contribution < -0.4 is 9.64 Å². The van der Waals surface area contributed by atoms with Crippen LogP contribution in [0, 0.1) is 0 Å². The van der Waals surface area contributed by atoms with E-state index in [-0.39, 0.29) is 16.5 Å². The fraction of sp³-hybridized carbons (Fsp3) is 0.185. The third kappa shape index (κ3) is 5.16. The molecule has 0 spiro atoms. The van der Waals surface area contributed by atoms with E-state index in [1.54, 1.807) is 30.3 Å². The van der Waals surface area contributed by atoms with Gasteiger partial charge in [0.1, 0.15) is 5.75 Å². The number of benzene rings is 2. The summed E-state index contributed by atoms with van der Waals surface area (Å²) in [6.45, 7) is 2.53. The predicted octanol–water partition coefficient (Wildman–Crippen LogP) is 6.00. The number of carbonyl (C=O) groups excluding carboxylic acids is 2. The Morgan fingerprint density at radius 1 is 1.14 bits per heavy atom. The van der Waals surface area contributed by atoms with E-state index in [0.29, 0.717) is 28.0 Å². The molecule has 37 heavy (non-hydrogen) atoms. The van der Waals surface area contributed by atoms with Crippen molar-refractivity contribution in [3.8, 4) is 5.75 Å². The van der Waals surface area contributed by atoms with Crippen molar-refractivity contribution >= 4 is 39.9 Å².